The standard InChI is InChI=1S/C14H19Cl2NO3S/c1-8(2)9(3)7-17-14(18)12-5-11(21(16,19)20)6-13(15)10(12)4/h5-6,8-9H,7H2,1-4H3,(H,17,18). The number of hydrogen-bond donors (Lipinski definition) is 1. The average Bonchev–Trinajstić information content (AvgIpc) is 2.37. The molecule has 1 N–H and O–H groups in total. The summed E-state index contributed by atoms with van der Waals surface area (Å²) in [6, 6.07) is 2.49. The molecule has 0 fully saturated rings. The van der Waals surface area contributed by atoms with E-state index in [0.29, 0.717) is 23.9 Å². The first kappa shape index (κ1) is 18.3. The third-order valence-corrected chi connectivity index (χ3v) is 5.29. The summed E-state index contributed by atoms with van der Waals surface area (Å²) in [6.45, 7) is 8.34. The van der Waals surface area contributed by atoms with Crippen molar-refractivity contribution in [2.75, 3.05) is 6.54 Å². The van der Waals surface area contributed by atoms with E-state index >= 15 is 0 Å². The molecule has 0 radical (unpaired) electrons. The van der Waals surface area contributed by atoms with Gasteiger partial charge < -0.3 is 5.32 Å². The molecule has 1 aromatic carbocycles. The molecule has 0 aromatic heterocycles. The zero-order valence-electron chi connectivity index (χ0n) is 12.4. The molecule has 1 atom stereocenters. The molecule has 1 unspecified atom stereocenters. The van der Waals surface area contributed by atoms with E-state index in [-0.39, 0.29) is 21.4 Å². The first-order valence-corrected chi connectivity index (χ1v) is 9.25. The van der Waals surface area contributed by atoms with Crippen molar-refractivity contribution in [3.8, 4) is 0 Å². The SMILES string of the molecule is Cc1c(Cl)cc(S(=O)(=O)Cl)cc1C(=O)NCC(C)C(C)C. The molecule has 118 valence electrons. The lowest BCUT2D eigenvalue weighted by atomic mass is 9.98. The fraction of sp³-hybridized carbons (Fsp3) is 0.500. The second-order valence-corrected chi connectivity index (χ2v) is 8.42. The number of hydrogen-bond acceptors (Lipinski definition) is 3. The summed E-state index contributed by atoms with van der Waals surface area (Å²) in [6.07, 6.45) is 0. The van der Waals surface area contributed by atoms with Crippen LogP contribution in [-0.2, 0) is 9.05 Å². The summed E-state index contributed by atoms with van der Waals surface area (Å²) >= 11 is 5.98. The Kier molecular flexibility index (Phi) is 6.08. The highest BCUT2D eigenvalue weighted by atomic mass is 35.7. The summed E-state index contributed by atoms with van der Waals surface area (Å²) in [5, 5.41) is 2.98. The topological polar surface area (TPSA) is 63.2 Å². The Morgan fingerprint density at radius 1 is 1.29 bits per heavy atom. The van der Waals surface area contributed by atoms with Crippen LogP contribution in [0, 0.1) is 18.8 Å². The predicted octanol–water partition coefficient (Wildman–Crippen LogP) is 3.60. The molecular weight excluding hydrogens is 333 g/mol. The zero-order valence-corrected chi connectivity index (χ0v) is 14.7. The largest absolute Gasteiger partial charge is 0.352 e. The smallest absolute Gasteiger partial charge is 0.261 e. The lowest BCUT2D eigenvalue weighted by Gasteiger charge is -2.17. The molecule has 0 spiro atoms. The second kappa shape index (κ2) is 6.99. The van der Waals surface area contributed by atoms with Gasteiger partial charge in [0.25, 0.3) is 15.0 Å². The zero-order chi connectivity index (χ0) is 16.4. The van der Waals surface area contributed by atoms with Gasteiger partial charge in [-0.05, 0) is 36.5 Å². The minimum absolute atomic E-state index is 0.179. The highest BCUT2D eigenvalue weighted by Crippen LogP contribution is 2.26. The molecule has 0 saturated heterocycles. The van der Waals surface area contributed by atoms with Crippen LogP contribution in [-0.4, -0.2) is 20.9 Å². The van der Waals surface area contributed by atoms with E-state index in [1.165, 1.54) is 12.1 Å². The van der Waals surface area contributed by atoms with E-state index in [1.807, 2.05) is 6.92 Å². The Labute approximate surface area is 135 Å². The molecule has 1 amide bonds. The predicted molar refractivity (Wildman–Crippen MR) is 85.6 cm³/mol. The Morgan fingerprint density at radius 3 is 2.33 bits per heavy atom. The van der Waals surface area contributed by atoms with Gasteiger partial charge in [-0.15, -0.1) is 0 Å². The van der Waals surface area contributed by atoms with Crippen molar-refractivity contribution in [1.29, 1.82) is 0 Å². The van der Waals surface area contributed by atoms with Crippen LogP contribution in [0.5, 0.6) is 0 Å². The van der Waals surface area contributed by atoms with E-state index in [1.54, 1.807) is 6.92 Å². The van der Waals surface area contributed by atoms with Gasteiger partial charge in [-0.25, -0.2) is 8.42 Å². The number of amides is 1. The molecule has 0 aliphatic rings. The average molecular weight is 352 g/mol. The third-order valence-electron chi connectivity index (χ3n) is 3.57. The Morgan fingerprint density at radius 2 is 1.86 bits per heavy atom. The maximum atomic E-state index is 12.2. The Hall–Kier alpha value is -0.780. The monoisotopic (exact) mass is 351 g/mol. The maximum Gasteiger partial charge on any atom is 0.261 e. The van der Waals surface area contributed by atoms with Gasteiger partial charge in [0.2, 0.25) is 0 Å². The highest BCUT2D eigenvalue weighted by Gasteiger charge is 2.19. The number of nitrogens with one attached hydrogen (secondary N) is 1. The van der Waals surface area contributed by atoms with Crippen molar-refractivity contribution in [2.45, 2.75) is 32.6 Å². The summed E-state index contributed by atoms with van der Waals surface area (Å²) < 4.78 is 22.8. The van der Waals surface area contributed by atoms with E-state index < -0.39 is 9.05 Å². The third kappa shape index (κ3) is 4.87. The van der Waals surface area contributed by atoms with Crippen molar-refractivity contribution >= 4 is 37.2 Å². The minimum Gasteiger partial charge on any atom is -0.352 e. The lowest BCUT2D eigenvalue weighted by molar-refractivity contribution is 0.0944. The molecule has 7 heteroatoms. The second-order valence-electron chi connectivity index (χ2n) is 5.45. The number of halogens is 2. The maximum absolute atomic E-state index is 12.2. The van der Waals surface area contributed by atoms with Crippen molar-refractivity contribution < 1.29 is 13.2 Å². The van der Waals surface area contributed by atoms with Gasteiger partial charge in [0.1, 0.15) is 0 Å². The van der Waals surface area contributed by atoms with Crippen LogP contribution in [0.25, 0.3) is 0 Å². The lowest BCUT2D eigenvalue weighted by Crippen LogP contribution is -2.30. The van der Waals surface area contributed by atoms with Crippen LogP contribution in [0.2, 0.25) is 5.02 Å². The van der Waals surface area contributed by atoms with Crippen LogP contribution in [0.3, 0.4) is 0 Å². The van der Waals surface area contributed by atoms with Gasteiger partial charge in [-0.3, -0.25) is 4.79 Å². The summed E-state index contributed by atoms with van der Waals surface area (Å²) in [4.78, 5) is 12.0. The highest BCUT2D eigenvalue weighted by molar-refractivity contribution is 8.13. The fourth-order valence-corrected chi connectivity index (χ4v) is 2.68. The van der Waals surface area contributed by atoms with Crippen molar-refractivity contribution in [3.63, 3.8) is 0 Å². The molecule has 21 heavy (non-hydrogen) atoms. The fourth-order valence-electron chi connectivity index (χ4n) is 1.62. The molecule has 4 nitrogen and oxygen atoms in total. The number of rotatable bonds is 5. The molecule has 0 aliphatic heterocycles. The van der Waals surface area contributed by atoms with Crippen LogP contribution in [0.15, 0.2) is 17.0 Å². The Balaban J connectivity index is 3.07. The minimum atomic E-state index is -3.94. The van der Waals surface area contributed by atoms with E-state index in [0.717, 1.165) is 0 Å². The van der Waals surface area contributed by atoms with Crippen molar-refractivity contribution in [3.05, 3.63) is 28.3 Å². The summed E-state index contributed by atoms with van der Waals surface area (Å²) in [5.41, 5.74) is 0.744. The molecule has 0 heterocycles. The van der Waals surface area contributed by atoms with Gasteiger partial charge in [0.05, 0.1) is 4.90 Å². The summed E-state index contributed by atoms with van der Waals surface area (Å²) in [5.74, 6) is 0.387. The number of benzene rings is 1. The van der Waals surface area contributed by atoms with E-state index in [9.17, 15) is 13.2 Å². The first-order chi connectivity index (χ1) is 9.54. The van der Waals surface area contributed by atoms with Gasteiger partial charge >= 0.3 is 0 Å². The van der Waals surface area contributed by atoms with Crippen molar-refractivity contribution in [1.82, 2.24) is 5.32 Å². The van der Waals surface area contributed by atoms with Crippen molar-refractivity contribution in [2.24, 2.45) is 11.8 Å². The molecular formula is C14H19Cl2NO3S. The quantitative estimate of drug-likeness (QED) is 0.824. The van der Waals surface area contributed by atoms with Crippen LogP contribution >= 0.6 is 22.3 Å². The van der Waals surface area contributed by atoms with Crippen LogP contribution in [0.1, 0.15) is 36.7 Å². The van der Waals surface area contributed by atoms with Crippen LogP contribution in [0.4, 0.5) is 0 Å². The van der Waals surface area contributed by atoms with Gasteiger partial charge in [-0.1, -0.05) is 32.4 Å². The van der Waals surface area contributed by atoms with Crippen LogP contribution < -0.4 is 5.32 Å². The molecule has 0 aliphatic carbocycles. The first-order valence-electron chi connectivity index (χ1n) is 6.57. The molecule has 1 rings (SSSR count). The number of carbonyl (C=O) groups is 1. The Bertz CT molecular complexity index is 642. The molecule has 1 aromatic rings. The van der Waals surface area contributed by atoms with Gasteiger partial charge in [-0.2, -0.15) is 0 Å². The van der Waals surface area contributed by atoms with E-state index in [2.05, 4.69) is 19.2 Å². The van der Waals surface area contributed by atoms with E-state index in [4.69, 9.17) is 22.3 Å². The van der Waals surface area contributed by atoms with Gasteiger partial charge in [0.15, 0.2) is 0 Å². The summed E-state index contributed by atoms with van der Waals surface area (Å²) in [7, 11) is 1.38. The van der Waals surface area contributed by atoms with Gasteiger partial charge in [0, 0.05) is 27.8 Å². The molecule has 0 saturated carbocycles. The normalized spacial score (nSPS) is 13.3. The number of carbonyl (C=O) groups excluding carboxylic acids is 1. The molecule has 0 bridgehead atoms.